The highest BCUT2D eigenvalue weighted by Gasteiger charge is 2.11. The summed E-state index contributed by atoms with van der Waals surface area (Å²) in [4.78, 5) is 11.6. The Morgan fingerprint density at radius 3 is 2.57 bits per heavy atom. The van der Waals surface area contributed by atoms with Crippen molar-refractivity contribution in [1.29, 1.82) is 0 Å². The molecule has 0 amide bonds. The van der Waals surface area contributed by atoms with Crippen LogP contribution in [0.25, 0.3) is 22.3 Å². The quantitative estimate of drug-likeness (QED) is 0.686. The molecule has 4 nitrogen and oxygen atoms in total. The molecule has 5 heteroatoms. The van der Waals surface area contributed by atoms with Gasteiger partial charge in [-0.1, -0.05) is 18.2 Å². The lowest BCUT2D eigenvalue weighted by Crippen LogP contribution is -2.36. The summed E-state index contributed by atoms with van der Waals surface area (Å²) in [5.41, 5.74) is 4.98. The van der Waals surface area contributed by atoms with Gasteiger partial charge in [0.15, 0.2) is 0 Å². The molecule has 0 unspecified atom stereocenters. The van der Waals surface area contributed by atoms with Gasteiger partial charge in [0.1, 0.15) is 5.52 Å². The normalized spacial score (nSPS) is 15.1. The Kier molecular flexibility index (Phi) is 3.97. The molecule has 0 aliphatic carbocycles. The van der Waals surface area contributed by atoms with Crippen LogP contribution in [0.5, 0.6) is 0 Å². The Hall–Kier alpha value is -1.98. The molecule has 3 aromatic rings. The number of ether oxygens (including phenoxy) is 1. The molecule has 1 fully saturated rings. The second-order valence-corrected chi connectivity index (χ2v) is 6.36. The van der Waals surface area contributed by atoms with Gasteiger partial charge in [-0.15, -0.1) is 0 Å². The van der Waals surface area contributed by atoms with E-state index in [0.717, 1.165) is 53.1 Å². The number of morpholine rings is 1. The number of para-hydroxylation sites is 1. The highest BCUT2D eigenvalue weighted by Crippen LogP contribution is 2.26. The van der Waals surface area contributed by atoms with Crippen molar-refractivity contribution in [1.82, 2.24) is 9.97 Å². The highest BCUT2D eigenvalue weighted by molar-refractivity contribution is 9.10. The molecule has 2 heterocycles. The second kappa shape index (κ2) is 6.26. The van der Waals surface area contributed by atoms with Gasteiger partial charge in [-0.2, -0.15) is 0 Å². The van der Waals surface area contributed by atoms with E-state index in [1.807, 2.05) is 24.4 Å². The molecule has 1 aliphatic rings. The van der Waals surface area contributed by atoms with Crippen LogP contribution in [0.2, 0.25) is 0 Å². The predicted molar refractivity (Wildman–Crippen MR) is 95.7 cm³/mol. The van der Waals surface area contributed by atoms with Gasteiger partial charge in [0, 0.05) is 28.8 Å². The number of nitrogens with zero attached hydrogens (tertiary/aromatic N) is 3. The SMILES string of the molecule is Brc1cccc2ncc(-c3ccc(N4CCOCC4)cc3)nc12. The third-order valence-corrected chi connectivity index (χ3v) is 4.70. The van der Waals surface area contributed by atoms with Gasteiger partial charge in [0.2, 0.25) is 0 Å². The van der Waals surface area contributed by atoms with E-state index in [9.17, 15) is 0 Å². The van der Waals surface area contributed by atoms with Crippen molar-refractivity contribution in [3.63, 3.8) is 0 Å². The van der Waals surface area contributed by atoms with Crippen LogP contribution in [0.4, 0.5) is 5.69 Å². The predicted octanol–water partition coefficient (Wildman–Crippen LogP) is 3.90. The summed E-state index contributed by atoms with van der Waals surface area (Å²) in [5.74, 6) is 0. The maximum absolute atomic E-state index is 5.40. The van der Waals surface area contributed by atoms with Crippen LogP contribution in [-0.2, 0) is 4.74 Å². The van der Waals surface area contributed by atoms with Crippen molar-refractivity contribution >= 4 is 32.7 Å². The molecule has 1 aliphatic heterocycles. The lowest BCUT2D eigenvalue weighted by molar-refractivity contribution is 0.122. The smallest absolute Gasteiger partial charge is 0.104 e. The molecule has 23 heavy (non-hydrogen) atoms. The molecule has 0 spiro atoms. The number of hydrogen-bond acceptors (Lipinski definition) is 4. The minimum Gasteiger partial charge on any atom is -0.378 e. The van der Waals surface area contributed by atoms with Crippen LogP contribution in [0.15, 0.2) is 53.1 Å². The van der Waals surface area contributed by atoms with E-state index in [2.05, 4.69) is 50.1 Å². The van der Waals surface area contributed by atoms with E-state index in [1.54, 1.807) is 0 Å². The summed E-state index contributed by atoms with van der Waals surface area (Å²) in [6.07, 6.45) is 1.83. The van der Waals surface area contributed by atoms with Crippen LogP contribution in [0.3, 0.4) is 0 Å². The van der Waals surface area contributed by atoms with Crippen molar-refractivity contribution in [2.75, 3.05) is 31.2 Å². The fourth-order valence-electron chi connectivity index (χ4n) is 2.80. The van der Waals surface area contributed by atoms with Crippen molar-refractivity contribution < 1.29 is 4.74 Å². The van der Waals surface area contributed by atoms with Crippen LogP contribution in [0, 0.1) is 0 Å². The first-order valence-corrected chi connectivity index (χ1v) is 8.45. The minimum atomic E-state index is 0.798. The van der Waals surface area contributed by atoms with Gasteiger partial charge in [0.25, 0.3) is 0 Å². The summed E-state index contributed by atoms with van der Waals surface area (Å²) in [6, 6.07) is 14.4. The molecule has 0 radical (unpaired) electrons. The topological polar surface area (TPSA) is 38.2 Å². The van der Waals surface area contributed by atoms with Gasteiger partial charge in [-0.25, -0.2) is 4.98 Å². The fraction of sp³-hybridized carbons (Fsp3) is 0.222. The van der Waals surface area contributed by atoms with Crippen LogP contribution < -0.4 is 4.90 Å². The van der Waals surface area contributed by atoms with Gasteiger partial charge in [-0.05, 0) is 40.2 Å². The third-order valence-electron chi connectivity index (χ3n) is 4.06. The van der Waals surface area contributed by atoms with Crippen LogP contribution in [0.1, 0.15) is 0 Å². The molecule has 116 valence electrons. The zero-order valence-corrected chi connectivity index (χ0v) is 14.2. The molecule has 4 rings (SSSR count). The van der Waals surface area contributed by atoms with Gasteiger partial charge in [-0.3, -0.25) is 4.98 Å². The molecule has 0 bridgehead atoms. The largest absolute Gasteiger partial charge is 0.378 e. The minimum absolute atomic E-state index is 0.798. The Morgan fingerprint density at radius 2 is 1.78 bits per heavy atom. The molecule has 2 aromatic carbocycles. The summed E-state index contributed by atoms with van der Waals surface area (Å²) in [5, 5.41) is 0. The Morgan fingerprint density at radius 1 is 1.00 bits per heavy atom. The van der Waals surface area contributed by atoms with Crippen LogP contribution >= 0.6 is 15.9 Å². The summed E-state index contributed by atoms with van der Waals surface area (Å²) in [6.45, 7) is 3.49. The second-order valence-electron chi connectivity index (χ2n) is 5.51. The number of anilines is 1. The molecule has 1 saturated heterocycles. The van der Waals surface area contributed by atoms with E-state index in [4.69, 9.17) is 9.72 Å². The zero-order valence-electron chi connectivity index (χ0n) is 12.6. The van der Waals surface area contributed by atoms with Crippen LogP contribution in [-0.4, -0.2) is 36.3 Å². The number of halogens is 1. The maximum atomic E-state index is 5.40. The first kappa shape index (κ1) is 14.6. The molecular formula is C18H16BrN3O. The number of benzene rings is 2. The number of aromatic nitrogens is 2. The monoisotopic (exact) mass is 369 g/mol. The highest BCUT2D eigenvalue weighted by atomic mass is 79.9. The van der Waals surface area contributed by atoms with Crippen molar-refractivity contribution in [3.05, 3.63) is 53.1 Å². The zero-order chi connectivity index (χ0) is 15.6. The lowest BCUT2D eigenvalue weighted by atomic mass is 10.1. The standard InChI is InChI=1S/C18H16BrN3O/c19-15-2-1-3-16-18(15)21-17(12-20-16)13-4-6-14(7-5-13)22-8-10-23-11-9-22/h1-7,12H,8-11H2. The van der Waals surface area contributed by atoms with Crippen molar-refractivity contribution in [2.24, 2.45) is 0 Å². The van der Waals surface area contributed by atoms with Crippen molar-refractivity contribution in [3.8, 4) is 11.3 Å². The Labute approximate surface area is 143 Å². The molecular weight excluding hydrogens is 354 g/mol. The summed E-state index contributed by atoms with van der Waals surface area (Å²) >= 11 is 3.55. The lowest BCUT2D eigenvalue weighted by Gasteiger charge is -2.28. The summed E-state index contributed by atoms with van der Waals surface area (Å²) in [7, 11) is 0. The molecule has 0 saturated carbocycles. The van der Waals surface area contributed by atoms with E-state index < -0.39 is 0 Å². The first-order chi connectivity index (χ1) is 11.3. The number of fused-ring (bicyclic) bond motifs is 1. The average Bonchev–Trinajstić information content (AvgIpc) is 2.63. The van der Waals surface area contributed by atoms with E-state index >= 15 is 0 Å². The molecule has 0 atom stereocenters. The van der Waals surface area contributed by atoms with Gasteiger partial charge >= 0.3 is 0 Å². The van der Waals surface area contributed by atoms with Gasteiger partial charge in [0.05, 0.1) is 30.6 Å². The third kappa shape index (κ3) is 2.94. The summed E-state index contributed by atoms with van der Waals surface area (Å²) < 4.78 is 6.37. The van der Waals surface area contributed by atoms with Crippen molar-refractivity contribution in [2.45, 2.75) is 0 Å². The first-order valence-electron chi connectivity index (χ1n) is 7.66. The van der Waals surface area contributed by atoms with E-state index in [0.29, 0.717) is 0 Å². The Bertz CT molecular complexity index is 829. The van der Waals surface area contributed by atoms with Gasteiger partial charge < -0.3 is 9.64 Å². The molecule has 0 N–H and O–H groups in total. The van der Waals surface area contributed by atoms with E-state index in [1.165, 1.54) is 5.69 Å². The van der Waals surface area contributed by atoms with E-state index in [-0.39, 0.29) is 0 Å². The maximum Gasteiger partial charge on any atom is 0.104 e. The number of rotatable bonds is 2. The molecule has 1 aromatic heterocycles. The number of hydrogen-bond donors (Lipinski definition) is 0. The average molecular weight is 370 g/mol. The Balaban J connectivity index is 1.66. The fourth-order valence-corrected chi connectivity index (χ4v) is 3.25.